The molecule has 1 unspecified atom stereocenters. The number of hydrogen-bond acceptors (Lipinski definition) is 3. The molecule has 1 heterocycles. The normalized spacial score (nSPS) is 22.6. The molecule has 0 aromatic heterocycles. The highest BCUT2D eigenvalue weighted by Gasteiger charge is 2.34. The van der Waals surface area contributed by atoms with Crippen molar-refractivity contribution in [3.8, 4) is 6.07 Å². The van der Waals surface area contributed by atoms with Crippen LogP contribution < -0.4 is 4.90 Å². The number of aliphatic hydroxyl groups excluding tert-OH is 1. The maximum atomic E-state index is 9.50. The van der Waals surface area contributed by atoms with Crippen LogP contribution in [0.25, 0.3) is 0 Å². The highest BCUT2D eigenvalue weighted by Crippen LogP contribution is 2.36. The highest BCUT2D eigenvalue weighted by atomic mass is 16.3. The minimum absolute atomic E-state index is 0.206. The second-order valence-corrected chi connectivity index (χ2v) is 5.72. The number of aliphatic hydroxyl groups is 1. The SMILES string of the molecule is CC1(C)CCN(c2ccc(C#N)cc2)CC1CO. The molecule has 18 heavy (non-hydrogen) atoms. The predicted octanol–water partition coefficient (Wildman–Crippen LogP) is 2.40. The molecule has 0 radical (unpaired) electrons. The molecule has 3 nitrogen and oxygen atoms in total. The summed E-state index contributed by atoms with van der Waals surface area (Å²) < 4.78 is 0. The van der Waals surface area contributed by atoms with Gasteiger partial charge in [-0.25, -0.2) is 0 Å². The van der Waals surface area contributed by atoms with Gasteiger partial charge in [-0.1, -0.05) is 13.8 Å². The third-order valence-corrected chi connectivity index (χ3v) is 4.15. The lowest BCUT2D eigenvalue weighted by molar-refractivity contribution is 0.0968. The number of anilines is 1. The molecule has 1 saturated heterocycles. The Morgan fingerprint density at radius 2 is 2.06 bits per heavy atom. The first-order valence-corrected chi connectivity index (χ1v) is 6.43. The van der Waals surface area contributed by atoms with E-state index >= 15 is 0 Å². The topological polar surface area (TPSA) is 47.3 Å². The summed E-state index contributed by atoms with van der Waals surface area (Å²) in [7, 11) is 0. The minimum atomic E-state index is 0.206. The van der Waals surface area contributed by atoms with Crippen LogP contribution in [0.3, 0.4) is 0 Å². The van der Waals surface area contributed by atoms with Crippen molar-refractivity contribution in [1.29, 1.82) is 5.26 Å². The Labute approximate surface area is 109 Å². The standard InChI is InChI=1S/C15H20N2O/c1-15(2)7-8-17(10-13(15)11-18)14-5-3-12(9-16)4-6-14/h3-6,13,18H,7-8,10-11H2,1-2H3. The quantitative estimate of drug-likeness (QED) is 0.869. The lowest BCUT2D eigenvalue weighted by atomic mass is 9.73. The lowest BCUT2D eigenvalue weighted by Gasteiger charge is -2.44. The number of piperidine rings is 1. The zero-order chi connectivity index (χ0) is 13.2. The Hall–Kier alpha value is -1.53. The summed E-state index contributed by atoms with van der Waals surface area (Å²) in [5.74, 6) is 0.307. The fourth-order valence-corrected chi connectivity index (χ4v) is 2.52. The van der Waals surface area contributed by atoms with Gasteiger partial charge < -0.3 is 10.0 Å². The molecule has 1 fully saturated rings. The summed E-state index contributed by atoms with van der Waals surface area (Å²) in [5, 5.41) is 18.3. The lowest BCUT2D eigenvalue weighted by Crippen LogP contribution is -2.46. The van der Waals surface area contributed by atoms with Gasteiger partial charge in [0.05, 0.1) is 11.6 Å². The van der Waals surface area contributed by atoms with Gasteiger partial charge in [0.2, 0.25) is 0 Å². The van der Waals surface area contributed by atoms with E-state index in [2.05, 4.69) is 24.8 Å². The fourth-order valence-electron chi connectivity index (χ4n) is 2.52. The molecule has 0 bridgehead atoms. The maximum absolute atomic E-state index is 9.50. The van der Waals surface area contributed by atoms with Crippen LogP contribution in [-0.4, -0.2) is 24.8 Å². The van der Waals surface area contributed by atoms with Crippen molar-refractivity contribution in [2.24, 2.45) is 11.3 Å². The number of nitriles is 1. The highest BCUT2D eigenvalue weighted by molar-refractivity contribution is 5.50. The summed E-state index contributed by atoms with van der Waals surface area (Å²) in [5.41, 5.74) is 2.04. The van der Waals surface area contributed by atoms with E-state index in [0.717, 1.165) is 25.2 Å². The molecule has 0 aliphatic carbocycles. The molecule has 1 aromatic rings. The van der Waals surface area contributed by atoms with Gasteiger partial charge >= 0.3 is 0 Å². The van der Waals surface area contributed by atoms with Crippen LogP contribution in [0.4, 0.5) is 5.69 Å². The fraction of sp³-hybridized carbons (Fsp3) is 0.533. The monoisotopic (exact) mass is 244 g/mol. The molecule has 0 saturated carbocycles. The Morgan fingerprint density at radius 1 is 1.39 bits per heavy atom. The summed E-state index contributed by atoms with van der Waals surface area (Å²) in [4.78, 5) is 2.30. The molecule has 1 atom stereocenters. The molecule has 2 rings (SSSR count). The molecule has 1 aromatic carbocycles. The average Bonchev–Trinajstić information content (AvgIpc) is 2.39. The smallest absolute Gasteiger partial charge is 0.0991 e. The molecule has 1 aliphatic rings. The van der Waals surface area contributed by atoms with Crippen LogP contribution >= 0.6 is 0 Å². The second kappa shape index (κ2) is 4.99. The molecule has 0 amide bonds. The minimum Gasteiger partial charge on any atom is -0.396 e. The number of hydrogen-bond donors (Lipinski definition) is 1. The van der Waals surface area contributed by atoms with Crippen molar-refractivity contribution in [2.75, 3.05) is 24.6 Å². The Bertz CT molecular complexity index is 445. The van der Waals surface area contributed by atoms with E-state index in [1.165, 1.54) is 0 Å². The third-order valence-electron chi connectivity index (χ3n) is 4.15. The van der Waals surface area contributed by atoms with E-state index in [1.54, 1.807) is 0 Å². The van der Waals surface area contributed by atoms with Gasteiger partial charge in [0.1, 0.15) is 0 Å². The molecule has 1 aliphatic heterocycles. The summed E-state index contributed by atoms with van der Waals surface area (Å²) in [6.07, 6.45) is 1.08. The van der Waals surface area contributed by atoms with Gasteiger partial charge in [0.15, 0.2) is 0 Å². The first kappa shape index (κ1) is 12.9. The van der Waals surface area contributed by atoms with Crippen LogP contribution in [0, 0.1) is 22.7 Å². The van der Waals surface area contributed by atoms with E-state index in [9.17, 15) is 5.11 Å². The Kier molecular flexibility index (Phi) is 3.58. The summed E-state index contributed by atoms with van der Waals surface area (Å²) in [6, 6.07) is 9.81. The molecule has 96 valence electrons. The summed E-state index contributed by atoms with van der Waals surface area (Å²) >= 11 is 0. The zero-order valence-corrected chi connectivity index (χ0v) is 11.1. The van der Waals surface area contributed by atoms with Crippen molar-refractivity contribution in [3.05, 3.63) is 29.8 Å². The van der Waals surface area contributed by atoms with Crippen LogP contribution in [0.5, 0.6) is 0 Å². The first-order chi connectivity index (χ1) is 8.56. The van der Waals surface area contributed by atoms with Crippen LogP contribution in [0.2, 0.25) is 0 Å². The van der Waals surface area contributed by atoms with Crippen LogP contribution in [0.15, 0.2) is 24.3 Å². The number of benzene rings is 1. The zero-order valence-electron chi connectivity index (χ0n) is 11.1. The third kappa shape index (κ3) is 2.49. The maximum Gasteiger partial charge on any atom is 0.0991 e. The Balaban J connectivity index is 2.13. The number of nitrogens with zero attached hydrogens (tertiary/aromatic N) is 2. The van der Waals surface area contributed by atoms with Crippen LogP contribution in [-0.2, 0) is 0 Å². The second-order valence-electron chi connectivity index (χ2n) is 5.72. The van der Waals surface area contributed by atoms with Crippen LogP contribution in [0.1, 0.15) is 25.8 Å². The van der Waals surface area contributed by atoms with Crippen molar-refractivity contribution >= 4 is 5.69 Å². The first-order valence-electron chi connectivity index (χ1n) is 6.43. The van der Waals surface area contributed by atoms with Gasteiger partial charge in [0, 0.05) is 31.3 Å². The van der Waals surface area contributed by atoms with Gasteiger partial charge in [-0.3, -0.25) is 0 Å². The van der Waals surface area contributed by atoms with Gasteiger partial charge in [0.25, 0.3) is 0 Å². The van der Waals surface area contributed by atoms with Crippen molar-refractivity contribution < 1.29 is 5.11 Å². The molecular weight excluding hydrogens is 224 g/mol. The van der Waals surface area contributed by atoms with Crippen molar-refractivity contribution in [2.45, 2.75) is 20.3 Å². The van der Waals surface area contributed by atoms with E-state index in [0.29, 0.717) is 11.5 Å². The van der Waals surface area contributed by atoms with E-state index < -0.39 is 0 Å². The van der Waals surface area contributed by atoms with Crippen molar-refractivity contribution in [1.82, 2.24) is 0 Å². The predicted molar refractivity (Wildman–Crippen MR) is 72.3 cm³/mol. The van der Waals surface area contributed by atoms with E-state index in [-0.39, 0.29) is 12.0 Å². The average molecular weight is 244 g/mol. The van der Waals surface area contributed by atoms with Crippen molar-refractivity contribution in [3.63, 3.8) is 0 Å². The van der Waals surface area contributed by atoms with Gasteiger partial charge in [-0.15, -0.1) is 0 Å². The van der Waals surface area contributed by atoms with E-state index in [4.69, 9.17) is 5.26 Å². The molecule has 0 spiro atoms. The molecule has 1 N–H and O–H groups in total. The van der Waals surface area contributed by atoms with E-state index in [1.807, 2.05) is 24.3 Å². The van der Waals surface area contributed by atoms with Gasteiger partial charge in [-0.2, -0.15) is 5.26 Å². The molecular formula is C15H20N2O. The Morgan fingerprint density at radius 3 is 2.61 bits per heavy atom. The van der Waals surface area contributed by atoms with Gasteiger partial charge in [-0.05, 0) is 36.1 Å². The number of rotatable bonds is 2. The largest absolute Gasteiger partial charge is 0.396 e. The molecule has 3 heteroatoms. The summed E-state index contributed by atoms with van der Waals surface area (Å²) in [6.45, 7) is 6.58.